The first kappa shape index (κ1) is 23.6. The third-order valence-corrected chi connectivity index (χ3v) is 6.26. The minimum atomic E-state index is -0.409. The standard InChI is InChI=1S/C25H23FN4O2S2/c1-3-32-24(31)22-21(17-9-5-4-6-10-17)16(2)34-23(22)29-25(33)28-19-13-27-30(15-19)14-18-11-7-8-12-20(18)26/h4-13,15H,3,14H2,1-2H3,(H2,28,29,33). The van der Waals surface area contributed by atoms with E-state index in [1.165, 1.54) is 17.4 Å². The highest BCUT2D eigenvalue weighted by molar-refractivity contribution is 7.80. The molecular weight excluding hydrogens is 471 g/mol. The third-order valence-electron chi connectivity index (χ3n) is 5.03. The lowest BCUT2D eigenvalue weighted by Crippen LogP contribution is -2.20. The van der Waals surface area contributed by atoms with Crippen LogP contribution in [0, 0.1) is 12.7 Å². The van der Waals surface area contributed by atoms with E-state index in [4.69, 9.17) is 17.0 Å². The number of hydrogen-bond donors (Lipinski definition) is 2. The van der Waals surface area contributed by atoms with E-state index >= 15 is 0 Å². The second-order valence-corrected chi connectivity index (χ2v) is 9.05. The molecule has 9 heteroatoms. The Morgan fingerprint density at radius 2 is 1.88 bits per heavy atom. The number of carbonyl (C=O) groups excluding carboxylic acids is 1. The number of nitrogens with zero attached hydrogens (tertiary/aromatic N) is 2. The SMILES string of the molecule is CCOC(=O)c1c(NC(=S)Nc2cnn(Cc3ccccc3F)c2)sc(C)c1-c1ccccc1. The molecule has 174 valence electrons. The molecule has 0 spiro atoms. The van der Waals surface area contributed by atoms with Gasteiger partial charge in [-0.25, -0.2) is 9.18 Å². The Labute approximate surface area is 206 Å². The van der Waals surface area contributed by atoms with Gasteiger partial charge in [0.15, 0.2) is 5.11 Å². The van der Waals surface area contributed by atoms with Crippen LogP contribution < -0.4 is 10.6 Å². The number of esters is 1. The van der Waals surface area contributed by atoms with E-state index in [1.807, 2.05) is 37.3 Å². The fourth-order valence-electron chi connectivity index (χ4n) is 3.56. The molecule has 0 fully saturated rings. The van der Waals surface area contributed by atoms with Crippen molar-refractivity contribution in [1.82, 2.24) is 9.78 Å². The van der Waals surface area contributed by atoms with Crippen LogP contribution >= 0.6 is 23.6 Å². The minimum Gasteiger partial charge on any atom is -0.462 e. The van der Waals surface area contributed by atoms with Crippen molar-refractivity contribution in [2.24, 2.45) is 0 Å². The molecule has 0 aliphatic carbocycles. The molecule has 2 aromatic heterocycles. The topological polar surface area (TPSA) is 68.2 Å². The Morgan fingerprint density at radius 3 is 2.62 bits per heavy atom. The molecule has 0 bridgehead atoms. The molecule has 2 N–H and O–H groups in total. The lowest BCUT2D eigenvalue weighted by atomic mass is 10.0. The van der Waals surface area contributed by atoms with Crippen LogP contribution in [0.4, 0.5) is 15.1 Å². The quantitative estimate of drug-likeness (QED) is 0.239. The predicted molar refractivity (Wildman–Crippen MR) is 138 cm³/mol. The lowest BCUT2D eigenvalue weighted by molar-refractivity contribution is 0.0529. The Hall–Kier alpha value is -3.56. The number of hydrogen-bond acceptors (Lipinski definition) is 5. The highest BCUT2D eigenvalue weighted by Gasteiger charge is 2.25. The number of nitrogens with one attached hydrogen (secondary N) is 2. The van der Waals surface area contributed by atoms with E-state index in [0.29, 0.717) is 33.5 Å². The number of aryl methyl sites for hydroxylation is 1. The minimum absolute atomic E-state index is 0.269. The number of thiocarbonyl (C=S) groups is 1. The van der Waals surface area contributed by atoms with Gasteiger partial charge in [0.05, 0.1) is 25.0 Å². The summed E-state index contributed by atoms with van der Waals surface area (Å²) in [5.74, 6) is -0.688. The first-order valence-electron chi connectivity index (χ1n) is 10.7. The average Bonchev–Trinajstić information content (AvgIpc) is 3.39. The normalized spacial score (nSPS) is 10.7. The van der Waals surface area contributed by atoms with Crippen molar-refractivity contribution >= 4 is 45.3 Å². The molecule has 34 heavy (non-hydrogen) atoms. The summed E-state index contributed by atoms with van der Waals surface area (Å²) in [6, 6.07) is 16.3. The maximum atomic E-state index is 13.9. The fourth-order valence-corrected chi connectivity index (χ4v) is 4.92. The molecular formula is C25H23FN4O2S2. The van der Waals surface area contributed by atoms with Gasteiger partial charge < -0.3 is 15.4 Å². The van der Waals surface area contributed by atoms with E-state index in [1.54, 1.807) is 42.2 Å². The molecule has 0 aliphatic heterocycles. The van der Waals surface area contributed by atoms with Crippen LogP contribution in [0.5, 0.6) is 0 Å². The number of rotatable bonds is 7. The second kappa shape index (κ2) is 10.6. The lowest BCUT2D eigenvalue weighted by Gasteiger charge is -2.11. The number of carbonyl (C=O) groups is 1. The van der Waals surface area contributed by atoms with Crippen molar-refractivity contribution in [2.45, 2.75) is 20.4 Å². The molecule has 2 heterocycles. The molecule has 6 nitrogen and oxygen atoms in total. The van der Waals surface area contributed by atoms with E-state index in [0.717, 1.165) is 16.0 Å². The molecule has 0 saturated carbocycles. The van der Waals surface area contributed by atoms with Gasteiger partial charge >= 0.3 is 5.97 Å². The first-order chi connectivity index (χ1) is 16.5. The van der Waals surface area contributed by atoms with Crippen LogP contribution in [0.3, 0.4) is 0 Å². The zero-order valence-corrected chi connectivity index (χ0v) is 20.3. The van der Waals surface area contributed by atoms with Crippen molar-refractivity contribution in [3.8, 4) is 11.1 Å². The molecule has 2 aromatic carbocycles. The van der Waals surface area contributed by atoms with Crippen molar-refractivity contribution in [3.05, 3.63) is 88.8 Å². The number of thiophene rings is 1. The van der Waals surface area contributed by atoms with Gasteiger partial charge in [-0.2, -0.15) is 5.10 Å². The van der Waals surface area contributed by atoms with Crippen LogP contribution in [0.1, 0.15) is 27.7 Å². The van der Waals surface area contributed by atoms with E-state index < -0.39 is 5.97 Å². The van der Waals surface area contributed by atoms with E-state index in [2.05, 4.69) is 15.7 Å². The van der Waals surface area contributed by atoms with Crippen molar-refractivity contribution < 1.29 is 13.9 Å². The molecule has 0 radical (unpaired) electrons. The summed E-state index contributed by atoms with van der Waals surface area (Å²) in [6.07, 6.45) is 3.35. The smallest absolute Gasteiger partial charge is 0.341 e. The zero-order valence-electron chi connectivity index (χ0n) is 18.7. The van der Waals surface area contributed by atoms with Gasteiger partial charge in [0, 0.05) is 22.2 Å². The van der Waals surface area contributed by atoms with Gasteiger partial charge in [0.2, 0.25) is 0 Å². The first-order valence-corrected chi connectivity index (χ1v) is 11.9. The van der Waals surface area contributed by atoms with Crippen LogP contribution in [-0.4, -0.2) is 27.5 Å². The van der Waals surface area contributed by atoms with Crippen LogP contribution in [-0.2, 0) is 11.3 Å². The number of anilines is 2. The summed E-state index contributed by atoms with van der Waals surface area (Å²) in [5.41, 5.74) is 3.39. The van der Waals surface area contributed by atoms with E-state index in [9.17, 15) is 9.18 Å². The summed E-state index contributed by atoms with van der Waals surface area (Å²) >= 11 is 6.93. The average molecular weight is 495 g/mol. The molecule has 0 unspecified atom stereocenters. The Balaban J connectivity index is 1.53. The zero-order chi connectivity index (χ0) is 24.1. The highest BCUT2D eigenvalue weighted by atomic mass is 32.1. The van der Waals surface area contributed by atoms with Gasteiger partial charge in [0.1, 0.15) is 16.4 Å². The molecule has 0 atom stereocenters. The summed E-state index contributed by atoms with van der Waals surface area (Å²) in [5, 5.41) is 11.4. The Morgan fingerprint density at radius 1 is 1.15 bits per heavy atom. The maximum absolute atomic E-state index is 13.9. The van der Waals surface area contributed by atoms with Gasteiger partial charge in [-0.15, -0.1) is 11.3 Å². The second-order valence-electron chi connectivity index (χ2n) is 7.42. The van der Waals surface area contributed by atoms with Crippen molar-refractivity contribution in [2.75, 3.05) is 17.2 Å². The summed E-state index contributed by atoms with van der Waals surface area (Å²) in [4.78, 5) is 13.8. The molecule has 0 aliphatic rings. The van der Waals surface area contributed by atoms with E-state index in [-0.39, 0.29) is 12.4 Å². The largest absolute Gasteiger partial charge is 0.462 e. The number of benzene rings is 2. The molecule has 0 amide bonds. The molecule has 0 saturated heterocycles. The number of halogens is 1. The number of ether oxygens (including phenoxy) is 1. The Kier molecular flexibility index (Phi) is 7.34. The fraction of sp³-hybridized carbons (Fsp3) is 0.160. The van der Waals surface area contributed by atoms with Gasteiger partial charge in [-0.05, 0) is 37.7 Å². The summed E-state index contributed by atoms with van der Waals surface area (Å²) in [6.45, 7) is 4.30. The molecule has 4 rings (SSSR count). The van der Waals surface area contributed by atoms with Gasteiger partial charge in [-0.1, -0.05) is 48.5 Å². The van der Waals surface area contributed by atoms with Crippen molar-refractivity contribution in [1.29, 1.82) is 0 Å². The van der Waals surface area contributed by atoms with Gasteiger partial charge in [0.25, 0.3) is 0 Å². The monoisotopic (exact) mass is 494 g/mol. The number of aromatic nitrogens is 2. The molecule has 4 aromatic rings. The summed E-state index contributed by atoms with van der Waals surface area (Å²) in [7, 11) is 0. The van der Waals surface area contributed by atoms with Crippen LogP contribution in [0.15, 0.2) is 67.0 Å². The Bertz CT molecular complexity index is 1320. The predicted octanol–water partition coefficient (Wildman–Crippen LogP) is 6.09. The highest BCUT2D eigenvalue weighted by Crippen LogP contribution is 2.40. The van der Waals surface area contributed by atoms with Crippen molar-refractivity contribution in [3.63, 3.8) is 0 Å². The van der Waals surface area contributed by atoms with Crippen LogP contribution in [0.25, 0.3) is 11.1 Å². The summed E-state index contributed by atoms with van der Waals surface area (Å²) < 4.78 is 20.9. The van der Waals surface area contributed by atoms with Crippen LogP contribution in [0.2, 0.25) is 0 Å². The van der Waals surface area contributed by atoms with Gasteiger partial charge in [-0.3, -0.25) is 4.68 Å². The third kappa shape index (κ3) is 5.32. The maximum Gasteiger partial charge on any atom is 0.341 e.